The van der Waals surface area contributed by atoms with Gasteiger partial charge in [-0.15, -0.1) is 0 Å². The van der Waals surface area contributed by atoms with Crippen LogP contribution in [0.25, 0.3) is 0 Å². The summed E-state index contributed by atoms with van der Waals surface area (Å²) in [4.78, 5) is 27.4. The predicted molar refractivity (Wildman–Crippen MR) is 76.2 cm³/mol. The number of hydrogen-bond donors (Lipinski definition) is 3. The van der Waals surface area contributed by atoms with Gasteiger partial charge >= 0.3 is 6.09 Å². The maximum atomic E-state index is 11.9. The van der Waals surface area contributed by atoms with Crippen molar-refractivity contribution in [3.8, 4) is 0 Å². The number of carbonyl (C=O) groups is 2. The number of aromatic nitrogens is 1. The Morgan fingerprint density at radius 3 is 2.43 bits per heavy atom. The van der Waals surface area contributed by atoms with E-state index in [-0.39, 0.29) is 5.54 Å². The van der Waals surface area contributed by atoms with E-state index in [1.54, 1.807) is 12.1 Å². The van der Waals surface area contributed by atoms with E-state index in [9.17, 15) is 9.59 Å². The van der Waals surface area contributed by atoms with E-state index in [0.717, 1.165) is 12.8 Å². The minimum atomic E-state index is -0.674. The summed E-state index contributed by atoms with van der Waals surface area (Å²) in [6.07, 6.45) is 2.40. The third-order valence-electron chi connectivity index (χ3n) is 3.09. The highest BCUT2D eigenvalue weighted by Gasteiger charge is 2.50. The molecule has 0 saturated heterocycles. The van der Waals surface area contributed by atoms with Gasteiger partial charge in [0.1, 0.15) is 0 Å². The van der Waals surface area contributed by atoms with Gasteiger partial charge in [-0.2, -0.15) is 0 Å². The fourth-order valence-electron chi connectivity index (χ4n) is 1.91. The van der Waals surface area contributed by atoms with Gasteiger partial charge in [0.15, 0.2) is 5.60 Å². The lowest BCUT2D eigenvalue weighted by molar-refractivity contribution is 0.0728. The van der Waals surface area contributed by atoms with Crippen LogP contribution in [0, 0.1) is 0 Å². The number of hydrogen-bond acceptors (Lipinski definition) is 5. The van der Waals surface area contributed by atoms with Crippen LogP contribution < -0.4 is 16.6 Å². The van der Waals surface area contributed by atoms with Gasteiger partial charge in [-0.05, 0) is 45.7 Å². The van der Waals surface area contributed by atoms with Crippen LogP contribution in [0.2, 0.25) is 0 Å². The highest BCUT2D eigenvalue weighted by atomic mass is 16.6. The number of ether oxygens (including phenoxy) is 1. The van der Waals surface area contributed by atoms with Gasteiger partial charge in [0.05, 0.1) is 11.3 Å². The maximum absolute atomic E-state index is 11.9. The monoisotopic (exact) mass is 292 g/mol. The zero-order chi connectivity index (χ0) is 15.7. The number of pyridine rings is 1. The first-order valence-electron chi connectivity index (χ1n) is 6.74. The Morgan fingerprint density at radius 2 is 2.00 bits per heavy atom. The molecule has 1 fully saturated rings. The molecule has 1 aliphatic rings. The average Bonchev–Trinajstić information content (AvgIpc) is 3.16. The SMILES string of the molecule is CC(C)(C)NC(=O)OC1(c2ccc(C(=O)NN)cn2)CC1. The summed E-state index contributed by atoms with van der Waals surface area (Å²) in [5, 5.41) is 2.75. The summed E-state index contributed by atoms with van der Waals surface area (Å²) in [7, 11) is 0. The second kappa shape index (κ2) is 5.33. The van der Waals surface area contributed by atoms with Crippen molar-refractivity contribution in [2.45, 2.75) is 44.8 Å². The van der Waals surface area contributed by atoms with E-state index in [1.165, 1.54) is 6.20 Å². The fraction of sp³-hybridized carbons (Fsp3) is 0.500. The topological polar surface area (TPSA) is 106 Å². The van der Waals surface area contributed by atoms with Crippen LogP contribution in [-0.2, 0) is 10.3 Å². The minimum absolute atomic E-state index is 0.357. The van der Waals surface area contributed by atoms with Crippen molar-refractivity contribution in [3.05, 3.63) is 29.6 Å². The van der Waals surface area contributed by atoms with Crippen molar-refractivity contribution in [2.75, 3.05) is 0 Å². The van der Waals surface area contributed by atoms with Crippen LogP contribution in [0.3, 0.4) is 0 Å². The number of hydrazine groups is 1. The summed E-state index contributed by atoms with van der Waals surface area (Å²) >= 11 is 0. The summed E-state index contributed by atoms with van der Waals surface area (Å²) < 4.78 is 5.50. The minimum Gasteiger partial charge on any atom is -0.436 e. The van der Waals surface area contributed by atoms with Crippen LogP contribution in [-0.4, -0.2) is 22.5 Å². The Morgan fingerprint density at radius 1 is 1.33 bits per heavy atom. The number of nitrogen functional groups attached to an aromatic ring is 1. The third-order valence-corrected chi connectivity index (χ3v) is 3.09. The molecule has 0 bridgehead atoms. The van der Waals surface area contributed by atoms with Crippen molar-refractivity contribution in [1.29, 1.82) is 0 Å². The molecule has 1 heterocycles. The quantitative estimate of drug-likeness (QED) is 0.441. The third kappa shape index (κ3) is 3.69. The molecule has 0 radical (unpaired) electrons. The Bertz CT molecular complexity index is 544. The number of rotatable bonds is 3. The lowest BCUT2D eigenvalue weighted by atomic mass is 10.1. The zero-order valence-corrected chi connectivity index (χ0v) is 12.4. The van der Waals surface area contributed by atoms with E-state index in [2.05, 4.69) is 10.3 Å². The first kappa shape index (κ1) is 15.2. The van der Waals surface area contributed by atoms with Crippen molar-refractivity contribution in [2.24, 2.45) is 5.84 Å². The van der Waals surface area contributed by atoms with E-state index >= 15 is 0 Å². The largest absolute Gasteiger partial charge is 0.436 e. The molecule has 1 aromatic heterocycles. The highest BCUT2D eigenvalue weighted by Crippen LogP contribution is 2.48. The lowest BCUT2D eigenvalue weighted by Crippen LogP contribution is -2.42. The number of amides is 2. The number of nitrogens with two attached hydrogens (primary N) is 1. The van der Waals surface area contributed by atoms with E-state index < -0.39 is 17.6 Å². The molecule has 114 valence electrons. The zero-order valence-electron chi connectivity index (χ0n) is 12.4. The molecule has 7 nitrogen and oxygen atoms in total. The van der Waals surface area contributed by atoms with Crippen molar-refractivity contribution < 1.29 is 14.3 Å². The van der Waals surface area contributed by atoms with E-state index in [1.807, 2.05) is 26.2 Å². The average molecular weight is 292 g/mol. The standard InChI is InChI=1S/C14H20N4O3/c1-13(2,3)17-12(20)21-14(6-7-14)10-5-4-9(8-16-10)11(19)18-15/h4-5,8H,6-7,15H2,1-3H3,(H,17,20)(H,18,19). The summed E-state index contributed by atoms with van der Waals surface area (Å²) in [6.45, 7) is 5.64. The summed E-state index contributed by atoms with van der Waals surface area (Å²) in [6, 6.07) is 3.29. The molecule has 4 N–H and O–H groups in total. The van der Waals surface area contributed by atoms with Gasteiger partial charge in [-0.1, -0.05) is 0 Å². The molecular weight excluding hydrogens is 272 g/mol. The van der Waals surface area contributed by atoms with Gasteiger partial charge in [0.2, 0.25) is 0 Å². The first-order chi connectivity index (χ1) is 9.76. The van der Waals surface area contributed by atoms with Crippen LogP contribution >= 0.6 is 0 Å². The summed E-state index contributed by atoms with van der Waals surface area (Å²) in [5.74, 6) is 4.65. The second-order valence-electron chi connectivity index (χ2n) is 6.16. The second-order valence-corrected chi connectivity index (χ2v) is 6.16. The van der Waals surface area contributed by atoms with Crippen molar-refractivity contribution >= 4 is 12.0 Å². The predicted octanol–water partition coefficient (Wildman–Crippen LogP) is 1.20. The van der Waals surface area contributed by atoms with Crippen LogP contribution in [0.15, 0.2) is 18.3 Å². The molecular formula is C14H20N4O3. The Balaban J connectivity index is 2.07. The smallest absolute Gasteiger partial charge is 0.408 e. The molecule has 2 amide bonds. The van der Waals surface area contributed by atoms with Gasteiger partial charge in [0.25, 0.3) is 5.91 Å². The molecule has 1 aliphatic carbocycles. The molecule has 0 atom stereocenters. The molecule has 0 spiro atoms. The Labute approximate surface area is 123 Å². The van der Waals surface area contributed by atoms with Gasteiger partial charge in [-0.25, -0.2) is 10.6 Å². The van der Waals surface area contributed by atoms with E-state index in [4.69, 9.17) is 10.6 Å². The fourth-order valence-corrected chi connectivity index (χ4v) is 1.91. The van der Waals surface area contributed by atoms with Crippen LogP contribution in [0.4, 0.5) is 4.79 Å². The first-order valence-corrected chi connectivity index (χ1v) is 6.74. The number of carbonyl (C=O) groups excluding carboxylic acids is 2. The summed E-state index contributed by atoms with van der Waals surface area (Å²) in [5.41, 5.74) is 2.00. The van der Waals surface area contributed by atoms with Gasteiger partial charge in [-0.3, -0.25) is 15.2 Å². The van der Waals surface area contributed by atoms with Crippen molar-refractivity contribution in [3.63, 3.8) is 0 Å². The number of alkyl carbamates (subject to hydrolysis) is 1. The normalized spacial score (nSPS) is 16.0. The van der Waals surface area contributed by atoms with Crippen molar-refractivity contribution in [1.82, 2.24) is 15.7 Å². The van der Waals surface area contributed by atoms with Gasteiger partial charge < -0.3 is 10.1 Å². The lowest BCUT2D eigenvalue weighted by Gasteiger charge is -2.23. The molecule has 2 rings (SSSR count). The molecule has 0 aliphatic heterocycles. The number of nitrogens with one attached hydrogen (secondary N) is 2. The Hall–Kier alpha value is -2.15. The molecule has 0 unspecified atom stereocenters. The number of nitrogens with zero attached hydrogens (tertiary/aromatic N) is 1. The molecule has 7 heteroatoms. The maximum Gasteiger partial charge on any atom is 0.408 e. The van der Waals surface area contributed by atoms with Gasteiger partial charge in [0, 0.05) is 11.7 Å². The molecule has 0 aromatic carbocycles. The molecule has 21 heavy (non-hydrogen) atoms. The molecule has 1 saturated carbocycles. The Kier molecular flexibility index (Phi) is 3.87. The van der Waals surface area contributed by atoms with Crippen LogP contribution in [0.5, 0.6) is 0 Å². The van der Waals surface area contributed by atoms with E-state index in [0.29, 0.717) is 11.3 Å². The molecule has 1 aromatic rings. The highest BCUT2D eigenvalue weighted by molar-refractivity contribution is 5.93. The van der Waals surface area contributed by atoms with Crippen LogP contribution in [0.1, 0.15) is 49.7 Å².